The van der Waals surface area contributed by atoms with Crippen molar-refractivity contribution < 1.29 is 14.3 Å². The number of carbonyl (C=O) groups excluding carboxylic acids is 2. The lowest BCUT2D eigenvalue weighted by atomic mass is 10.2. The molecule has 1 aromatic heterocycles. The van der Waals surface area contributed by atoms with Crippen molar-refractivity contribution in [3.8, 4) is 5.75 Å². The molecule has 0 atom stereocenters. The van der Waals surface area contributed by atoms with Gasteiger partial charge in [-0.2, -0.15) is 0 Å². The summed E-state index contributed by atoms with van der Waals surface area (Å²) in [5.41, 5.74) is 1.20. The fourth-order valence-electron chi connectivity index (χ4n) is 1.79. The van der Waals surface area contributed by atoms with Crippen molar-refractivity contribution in [3.63, 3.8) is 0 Å². The van der Waals surface area contributed by atoms with Crippen LogP contribution >= 0.6 is 0 Å². The molecule has 0 radical (unpaired) electrons. The smallest absolute Gasteiger partial charge is 0.270 e. The molecule has 0 saturated heterocycles. The lowest BCUT2D eigenvalue weighted by Gasteiger charge is -2.08. The summed E-state index contributed by atoms with van der Waals surface area (Å²) < 4.78 is 5.11. The summed E-state index contributed by atoms with van der Waals surface area (Å²) in [6.07, 6.45) is 1.53. The van der Waals surface area contributed by atoms with Crippen LogP contribution in [0.2, 0.25) is 0 Å². The third-order valence-electron chi connectivity index (χ3n) is 2.93. The van der Waals surface area contributed by atoms with Crippen LogP contribution in [0, 0.1) is 0 Å². The number of rotatable bonds is 6. The molecule has 0 aliphatic heterocycles. The quantitative estimate of drug-likeness (QED) is 0.838. The number of amides is 2. The minimum absolute atomic E-state index is 0.0978. The van der Waals surface area contributed by atoms with E-state index in [-0.39, 0.29) is 24.1 Å². The first-order valence-corrected chi connectivity index (χ1v) is 6.78. The number of aromatic nitrogens is 1. The highest BCUT2D eigenvalue weighted by atomic mass is 16.5. The number of methoxy groups -OCH3 is 1. The Morgan fingerprint density at radius 2 is 2.00 bits per heavy atom. The van der Waals surface area contributed by atoms with E-state index < -0.39 is 0 Å². The highest BCUT2D eigenvalue weighted by Gasteiger charge is 2.08. The predicted octanol–water partition coefficient (Wildman–Crippen LogP) is 1.14. The molecule has 114 valence electrons. The number of carbonyl (C=O) groups is 2. The molecule has 1 heterocycles. The molecule has 0 aliphatic carbocycles. The molecule has 1 aromatic carbocycles. The Bertz CT molecular complexity index is 644. The van der Waals surface area contributed by atoms with E-state index in [1.807, 2.05) is 24.3 Å². The van der Waals surface area contributed by atoms with Gasteiger partial charge in [-0.3, -0.25) is 14.6 Å². The minimum Gasteiger partial charge on any atom is -0.497 e. The molecule has 22 heavy (non-hydrogen) atoms. The zero-order valence-electron chi connectivity index (χ0n) is 12.2. The highest BCUT2D eigenvalue weighted by molar-refractivity contribution is 5.94. The Hall–Kier alpha value is -2.89. The van der Waals surface area contributed by atoms with Crippen molar-refractivity contribution >= 4 is 11.8 Å². The molecule has 6 nitrogen and oxygen atoms in total. The molecule has 0 aliphatic rings. The Morgan fingerprint density at radius 1 is 1.14 bits per heavy atom. The van der Waals surface area contributed by atoms with E-state index in [0.717, 1.165) is 11.3 Å². The number of hydrogen-bond acceptors (Lipinski definition) is 4. The van der Waals surface area contributed by atoms with E-state index in [1.54, 1.807) is 25.3 Å². The first kappa shape index (κ1) is 15.5. The van der Waals surface area contributed by atoms with Gasteiger partial charge in [-0.05, 0) is 29.8 Å². The summed E-state index contributed by atoms with van der Waals surface area (Å²) in [6, 6.07) is 12.4. The molecule has 0 bridgehead atoms. The standard InChI is InChI=1S/C16H17N3O3/c1-22-13-6-4-5-12(9-13)10-18-15(20)11-19-16(21)14-7-2-3-8-17-14/h2-9H,10-11H2,1H3,(H,18,20)(H,19,21). The van der Waals surface area contributed by atoms with Crippen LogP contribution in [-0.4, -0.2) is 30.5 Å². The highest BCUT2D eigenvalue weighted by Crippen LogP contribution is 2.11. The molecule has 2 amide bonds. The summed E-state index contributed by atoms with van der Waals surface area (Å²) in [5, 5.41) is 5.25. The second-order valence-electron chi connectivity index (χ2n) is 4.53. The normalized spacial score (nSPS) is 9.86. The van der Waals surface area contributed by atoms with Gasteiger partial charge < -0.3 is 15.4 Å². The molecular weight excluding hydrogens is 282 g/mol. The summed E-state index contributed by atoms with van der Waals surface area (Å²) in [4.78, 5) is 27.4. The first-order valence-electron chi connectivity index (χ1n) is 6.78. The van der Waals surface area contributed by atoms with E-state index in [0.29, 0.717) is 6.54 Å². The summed E-state index contributed by atoms with van der Waals surface area (Å²) in [7, 11) is 1.59. The molecule has 6 heteroatoms. The molecule has 0 unspecified atom stereocenters. The van der Waals surface area contributed by atoms with E-state index in [4.69, 9.17) is 4.74 Å². The van der Waals surface area contributed by atoms with Gasteiger partial charge in [0.1, 0.15) is 11.4 Å². The van der Waals surface area contributed by atoms with Crippen molar-refractivity contribution in [1.29, 1.82) is 0 Å². The van der Waals surface area contributed by atoms with E-state index >= 15 is 0 Å². The maximum absolute atomic E-state index is 11.7. The van der Waals surface area contributed by atoms with Crippen LogP contribution in [0.4, 0.5) is 0 Å². The van der Waals surface area contributed by atoms with Gasteiger partial charge in [-0.25, -0.2) is 0 Å². The van der Waals surface area contributed by atoms with Crippen LogP contribution in [0.3, 0.4) is 0 Å². The van der Waals surface area contributed by atoms with Crippen molar-refractivity contribution in [2.75, 3.05) is 13.7 Å². The largest absolute Gasteiger partial charge is 0.497 e. The van der Waals surface area contributed by atoms with Crippen molar-refractivity contribution in [3.05, 3.63) is 59.9 Å². The average Bonchev–Trinajstić information content (AvgIpc) is 2.58. The van der Waals surface area contributed by atoms with Crippen LogP contribution < -0.4 is 15.4 Å². The number of benzene rings is 1. The number of ether oxygens (including phenoxy) is 1. The summed E-state index contributed by atoms with van der Waals surface area (Å²) in [5.74, 6) is 0.0828. The van der Waals surface area contributed by atoms with Crippen LogP contribution in [0.5, 0.6) is 5.75 Å². The van der Waals surface area contributed by atoms with Gasteiger partial charge in [-0.1, -0.05) is 18.2 Å². The van der Waals surface area contributed by atoms with E-state index in [1.165, 1.54) is 6.20 Å². The summed E-state index contributed by atoms with van der Waals surface area (Å²) >= 11 is 0. The fraction of sp³-hybridized carbons (Fsp3) is 0.188. The Labute approximate surface area is 128 Å². The maximum atomic E-state index is 11.7. The predicted molar refractivity (Wildman–Crippen MR) is 81.4 cm³/mol. The SMILES string of the molecule is COc1cccc(CNC(=O)CNC(=O)c2ccccn2)c1. The molecule has 2 N–H and O–H groups in total. The zero-order chi connectivity index (χ0) is 15.8. The van der Waals surface area contributed by atoms with Crippen LogP contribution in [0.1, 0.15) is 16.1 Å². The van der Waals surface area contributed by atoms with Crippen LogP contribution in [-0.2, 0) is 11.3 Å². The maximum Gasteiger partial charge on any atom is 0.270 e. The van der Waals surface area contributed by atoms with Gasteiger partial charge >= 0.3 is 0 Å². The molecule has 0 spiro atoms. The number of hydrogen-bond donors (Lipinski definition) is 2. The molecule has 0 saturated carbocycles. The van der Waals surface area contributed by atoms with Crippen molar-refractivity contribution in [1.82, 2.24) is 15.6 Å². The molecule has 0 fully saturated rings. The molecule has 2 rings (SSSR count). The van der Waals surface area contributed by atoms with Gasteiger partial charge in [0.05, 0.1) is 13.7 Å². The van der Waals surface area contributed by atoms with Gasteiger partial charge in [-0.15, -0.1) is 0 Å². The number of pyridine rings is 1. The van der Waals surface area contributed by atoms with Crippen molar-refractivity contribution in [2.45, 2.75) is 6.54 Å². The minimum atomic E-state index is -0.378. The van der Waals surface area contributed by atoms with E-state index in [2.05, 4.69) is 15.6 Å². The Kier molecular flexibility index (Phi) is 5.48. The van der Waals surface area contributed by atoms with Gasteiger partial charge in [0.2, 0.25) is 5.91 Å². The first-order chi connectivity index (χ1) is 10.7. The third-order valence-corrected chi connectivity index (χ3v) is 2.93. The second-order valence-corrected chi connectivity index (χ2v) is 4.53. The van der Waals surface area contributed by atoms with Crippen molar-refractivity contribution in [2.24, 2.45) is 0 Å². The topological polar surface area (TPSA) is 80.3 Å². The summed E-state index contributed by atoms with van der Waals surface area (Å²) in [6.45, 7) is 0.273. The fourth-order valence-corrected chi connectivity index (χ4v) is 1.79. The number of nitrogens with zero attached hydrogens (tertiary/aromatic N) is 1. The molecular formula is C16H17N3O3. The Morgan fingerprint density at radius 3 is 2.73 bits per heavy atom. The monoisotopic (exact) mass is 299 g/mol. The number of nitrogens with one attached hydrogen (secondary N) is 2. The van der Waals surface area contributed by atoms with Crippen LogP contribution in [0.25, 0.3) is 0 Å². The van der Waals surface area contributed by atoms with Gasteiger partial charge in [0.15, 0.2) is 0 Å². The lowest BCUT2D eigenvalue weighted by molar-refractivity contribution is -0.120. The van der Waals surface area contributed by atoms with E-state index in [9.17, 15) is 9.59 Å². The molecule has 2 aromatic rings. The van der Waals surface area contributed by atoms with Crippen LogP contribution in [0.15, 0.2) is 48.7 Å². The average molecular weight is 299 g/mol. The lowest BCUT2D eigenvalue weighted by Crippen LogP contribution is -2.36. The Balaban J connectivity index is 1.77. The van der Waals surface area contributed by atoms with Gasteiger partial charge in [0, 0.05) is 12.7 Å². The second kappa shape index (κ2) is 7.78. The van der Waals surface area contributed by atoms with Gasteiger partial charge in [0.25, 0.3) is 5.91 Å². The zero-order valence-corrected chi connectivity index (χ0v) is 12.2. The third kappa shape index (κ3) is 4.59.